The van der Waals surface area contributed by atoms with Gasteiger partial charge in [-0.15, -0.1) is 0 Å². The van der Waals surface area contributed by atoms with E-state index in [1.54, 1.807) is 19.0 Å². The van der Waals surface area contributed by atoms with Crippen LogP contribution in [0.15, 0.2) is 0 Å². The highest BCUT2D eigenvalue weighted by Crippen LogP contribution is 2.19. The molecule has 1 aliphatic heterocycles. The van der Waals surface area contributed by atoms with Crippen LogP contribution < -0.4 is 5.73 Å². The first-order valence-corrected chi connectivity index (χ1v) is 5.68. The lowest BCUT2D eigenvalue weighted by molar-refractivity contribution is -0.129. The molecule has 1 amide bonds. The highest BCUT2D eigenvalue weighted by Gasteiger charge is 2.26. The lowest BCUT2D eigenvalue weighted by Gasteiger charge is -2.27. The average Bonchev–Trinajstić information content (AvgIpc) is 2.60. The molecule has 1 rings (SSSR count). The first kappa shape index (κ1) is 12.5. The third kappa shape index (κ3) is 3.47. The Balaban J connectivity index is 2.45. The van der Waals surface area contributed by atoms with Gasteiger partial charge in [0.2, 0.25) is 5.91 Å². The number of likely N-dealkylation sites (tertiary alicyclic amines) is 1. The number of amides is 1. The Hall–Kier alpha value is -0.610. The summed E-state index contributed by atoms with van der Waals surface area (Å²) in [4.78, 5) is 15.6. The van der Waals surface area contributed by atoms with Gasteiger partial charge in [0, 0.05) is 39.6 Å². The predicted octanol–water partition coefficient (Wildman–Crippen LogP) is 0.134. The van der Waals surface area contributed by atoms with Crippen LogP contribution in [0.3, 0.4) is 0 Å². The van der Waals surface area contributed by atoms with Crippen molar-refractivity contribution < 1.29 is 4.79 Å². The molecule has 1 heterocycles. The molecule has 0 aromatic rings. The van der Waals surface area contributed by atoms with Crippen molar-refractivity contribution in [3.63, 3.8) is 0 Å². The summed E-state index contributed by atoms with van der Waals surface area (Å²) in [5, 5.41) is 0. The second kappa shape index (κ2) is 5.47. The van der Waals surface area contributed by atoms with Crippen LogP contribution in [0.25, 0.3) is 0 Å². The van der Waals surface area contributed by atoms with Crippen molar-refractivity contribution in [1.29, 1.82) is 0 Å². The standard InChI is InChI=1S/C11H23N3O/c1-9-4-5-14(8-9)10(7-12)6-11(15)13(2)3/h9-10H,4-8,12H2,1-3H3. The molecule has 0 spiro atoms. The third-order valence-electron chi connectivity index (χ3n) is 3.15. The SMILES string of the molecule is CC1CCN(C(CN)CC(=O)N(C)C)C1. The molecular weight excluding hydrogens is 190 g/mol. The molecule has 0 radical (unpaired) electrons. The van der Waals surface area contributed by atoms with Gasteiger partial charge < -0.3 is 10.6 Å². The highest BCUT2D eigenvalue weighted by molar-refractivity contribution is 5.76. The Kier molecular flexibility index (Phi) is 4.54. The van der Waals surface area contributed by atoms with E-state index >= 15 is 0 Å². The summed E-state index contributed by atoms with van der Waals surface area (Å²) in [6.07, 6.45) is 1.78. The summed E-state index contributed by atoms with van der Waals surface area (Å²) in [7, 11) is 3.59. The van der Waals surface area contributed by atoms with E-state index in [0.29, 0.717) is 13.0 Å². The Labute approximate surface area is 92.4 Å². The molecule has 4 heteroatoms. The van der Waals surface area contributed by atoms with E-state index in [9.17, 15) is 4.79 Å². The Bertz CT molecular complexity index is 218. The van der Waals surface area contributed by atoms with Crippen molar-refractivity contribution in [3.8, 4) is 0 Å². The second-order valence-corrected chi connectivity index (χ2v) is 4.77. The molecule has 88 valence electrons. The minimum Gasteiger partial charge on any atom is -0.349 e. The fourth-order valence-corrected chi connectivity index (χ4v) is 2.05. The molecule has 15 heavy (non-hydrogen) atoms. The molecule has 1 aliphatic rings. The fourth-order valence-electron chi connectivity index (χ4n) is 2.05. The molecule has 1 fully saturated rings. The Morgan fingerprint density at radius 1 is 1.60 bits per heavy atom. The van der Waals surface area contributed by atoms with Crippen LogP contribution in [0.5, 0.6) is 0 Å². The quantitative estimate of drug-likeness (QED) is 0.722. The lowest BCUT2D eigenvalue weighted by Crippen LogP contribution is -2.42. The number of carbonyl (C=O) groups is 1. The number of rotatable bonds is 4. The molecule has 1 saturated heterocycles. The van der Waals surface area contributed by atoms with Gasteiger partial charge in [-0.3, -0.25) is 9.69 Å². The maximum absolute atomic E-state index is 11.6. The number of nitrogens with two attached hydrogens (primary N) is 1. The van der Waals surface area contributed by atoms with Crippen molar-refractivity contribution >= 4 is 5.91 Å². The summed E-state index contributed by atoms with van der Waals surface area (Å²) in [5.41, 5.74) is 5.73. The van der Waals surface area contributed by atoms with Gasteiger partial charge in [-0.05, 0) is 18.9 Å². The number of nitrogens with zero attached hydrogens (tertiary/aromatic N) is 2. The van der Waals surface area contributed by atoms with Crippen molar-refractivity contribution in [3.05, 3.63) is 0 Å². The van der Waals surface area contributed by atoms with E-state index in [2.05, 4.69) is 11.8 Å². The minimum atomic E-state index is 0.171. The largest absolute Gasteiger partial charge is 0.349 e. The minimum absolute atomic E-state index is 0.171. The van der Waals surface area contributed by atoms with Crippen LogP contribution in [0.1, 0.15) is 19.8 Å². The van der Waals surface area contributed by atoms with E-state index in [1.165, 1.54) is 6.42 Å². The summed E-state index contributed by atoms with van der Waals surface area (Å²) in [6.45, 7) is 5.00. The van der Waals surface area contributed by atoms with Gasteiger partial charge in [-0.2, -0.15) is 0 Å². The van der Waals surface area contributed by atoms with Gasteiger partial charge in [0.05, 0.1) is 0 Å². The number of hydrogen-bond donors (Lipinski definition) is 1. The highest BCUT2D eigenvalue weighted by atomic mass is 16.2. The monoisotopic (exact) mass is 213 g/mol. The summed E-state index contributed by atoms with van der Waals surface area (Å²) in [5.74, 6) is 0.915. The third-order valence-corrected chi connectivity index (χ3v) is 3.15. The maximum atomic E-state index is 11.6. The first-order valence-electron chi connectivity index (χ1n) is 5.68. The number of carbonyl (C=O) groups excluding carboxylic acids is 1. The zero-order chi connectivity index (χ0) is 11.4. The Morgan fingerprint density at radius 3 is 2.67 bits per heavy atom. The van der Waals surface area contributed by atoms with Crippen LogP contribution in [-0.2, 0) is 4.79 Å². The molecule has 0 saturated carbocycles. The summed E-state index contributed by atoms with van der Waals surface area (Å²) in [6, 6.07) is 0.227. The van der Waals surface area contributed by atoms with Crippen molar-refractivity contribution in [2.75, 3.05) is 33.7 Å². The van der Waals surface area contributed by atoms with E-state index in [1.807, 2.05) is 0 Å². The maximum Gasteiger partial charge on any atom is 0.223 e. The Morgan fingerprint density at radius 2 is 2.27 bits per heavy atom. The van der Waals surface area contributed by atoms with Gasteiger partial charge in [0.25, 0.3) is 0 Å². The van der Waals surface area contributed by atoms with Gasteiger partial charge >= 0.3 is 0 Å². The lowest BCUT2D eigenvalue weighted by atomic mass is 10.1. The predicted molar refractivity (Wildman–Crippen MR) is 61.5 cm³/mol. The summed E-state index contributed by atoms with van der Waals surface area (Å²) >= 11 is 0. The summed E-state index contributed by atoms with van der Waals surface area (Å²) < 4.78 is 0. The molecule has 0 aromatic carbocycles. The van der Waals surface area contributed by atoms with Crippen LogP contribution >= 0.6 is 0 Å². The van der Waals surface area contributed by atoms with E-state index in [4.69, 9.17) is 5.73 Å². The molecular formula is C11H23N3O. The van der Waals surface area contributed by atoms with Crippen molar-refractivity contribution in [1.82, 2.24) is 9.80 Å². The normalized spacial score (nSPS) is 24.1. The van der Waals surface area contributed by atoms with Crippen LogP contribution in [0.2, 0.25) is 0 Å². The first-order chi connectivity index (χ1) is 7.04. The smallest absolute Gasteiger partial charge is 0.223 e. The van der Waals surface area contributed by atoms with Crippen LogP contribution in [-0.4, -0.2) is 55.5 Å². The van der Waals surface area contributed by atoms with Gasteiger partial charge in [0.15, 0.2) is 0 Å². The van der Waals surface area contributed by atoms with E-state index in [0.717, 1.165) is 19.0 Å². The number of hydrogen-bond acceptors (Lipinski definition) is 3. The second-order valence-electron chi connectivity index (χ2n) is 4.77. The van der Waals surface area contributed by atoms with Gasteiger partial charge in [0.1, 0.15) is 0 Å². The topological polar surface area (TPSA) is 49.6 Å². The van der Waals surface area contributed by atoms with Crippen LogP contribution in [0, 0.1) is 5.92 Å². The van der Waals surface area contributed by atoms with E-state index < -0.39 is 0 Å². The van der Waals surface area contributed by atoms with E-state index in [-0.39, 0.29) is 11.9 Å². The van der Waals surface area contributed by atoms with Crippen molar-refractivity contribution in [2.24, 2.45) is 11.7 Å². The average molecular weight is 213 g/mol. The van der Waals surface area contributed by atoms with Gasteiger partial charge in [-0.1, -0.05) is 6.92 Å². The van der Waals surface area contributed by atoms with Crippen molar-refractivity contribution in [2.45, 2.75) is 25.8 Å². The van der Waals surface area contributed by atoms with Crippen LogP contribution in [0.4, 0.5) is 0 Å². The van der Waals surface area contributed by atoms with Gasteiger partial charge in [-0.25, -0.2) is 0 Å². The molecule has 2 unspecified atom stereocenters. The molecule has 2 N–H and O–H groups in total. The zero-order valence-electron chi connectivity index (χ0n) is 10.1. The molecule has 0 bridgehead atoms. The zero-order valence-corrected chi connectivity index (χ0v) is 10.1. The molecule has 4 nitrogen and oxygen atoms in total. The molecule has 0 aromatic heterocycles. The fraction of sp³-hybridized carbons (Fsp3) is 0.909. The molecule has 2 atom stereocenters. The molecule has 0 aliphatic carbocycles.